The van der Waals surface area contributed by atoms with Gasteiger partial charge in [-0.05, 0) is 13.3 Å². The Balaban J connectivity index is 4.22. The molecule has 0 spiro atoms. The molecule has 0 aromatic rings. The second-order valence-corrected chi connectivity index (χ2v) is 3.68. The van der Waals surface area contributed by atoms with Gasteiger partial charge < -0.3 is 16.2 Å². The Morgan fingerprint density at radius 1 is 1.47 bits per heavy atom. The smallest absolute Gasteiger partial charge is 0.326 e. The average molecular weight is 237 g/mol. The van der Waals surface area contributed by atoms with Crippen molar-refractivity contribution in [3.8, 4) is 0 Å². The topological polar surface area (TPSA) is 109 Å². The van der Waals surface area contributed by atoms with Crippen LogP contribution in [0.1, 0.15) is 19.8 Å². The number of aliphatic carboxylic acids is 1. The van der Waals surface area contributed by atoms with E-state index in [0.29, 0.717) is 0 Å². The van der Waals surface area contributed by atoms with E-state index in [4.69, 9.17) is 22.4 Å². The Bertz CT molecular complexity index is 267. The first-order valence-corrected chi connectivity index (χ1v) is 4.73. The van der Waals surface area contributed by atoms with Crippen LogP contribution in [0.15, 0.2) is 0 Å². The van der Waals surface area contributed by atoms with E-state index in [1.165, 1.54) is 6.92 Å². The Kier molecular flexibility index (Phi) is 5.69. The molecule has 0 aromatic carbocycles. The summed E-state index contributed by atoms with van der Waals surface area (Å²) >= 11 is 5.44. The predicted molar refractivity (Wildman–Crippen MR) is 53.3 cm³/mol. The van der Waals surface area contributed by atoms with Gasteiger partial charge in [0.05, 0.1) is 0 Å². The third kappa shape index (κ3) is 5.90. The molecule has 0 aliphatic carbocycles. The van der Waals surface area contributed by atoms with Crippen LogP contribution >= 0.6 is 11.6 Å². The highest BCUT2D eigenvalue weighted by Gasteiger charge is 2.22. The Morgan fingerprint density at radius 3 is 2.33 bits per heavy atom. The molecule has 0 aliphatic heterocycles. The van der Waals surface area contributed by atoms with Gasteiger partial charge in [0.25, 0.3) is 0 Å². The van der Waals surface area contributed by atoms with E-state index in [-0.39, 0.29) is 12.8 Å². The van der Waals surface area contributed by atoms with Gasteiger partial charge in [-0.15, -0.1) is 11.6 Å². The quantitative estimate of drug-likeness (QED) is 0.538. The number of nitrogens with two attached hydrogens (primary N) is 1. The first-order valence-electron chi connectivity index (χ1n) is 4.30. The predicted octanol–water partition coefficient (Wildman–Crippen LogP) is -0.551. The van der Waals surface area contributed by atoms with E-state index < -0.39 is 29.2 Å². The summed E-state index contributed by atoms with van der Waals surface area (Å²) in [5.74, 6) is -2.43. The Labute approximate surface area is 91.8 Å². The number of carbonyl (C=O) groups excluding carboxylic acids is 2. The van der Waals surface area contributed by atoms with Crippen LogP contribution in [-0.4, -0.2) is 34.3 Å². The zero-order chi connectivity index (χ0) is 12.0. The lowest BCUT2D eigenvalue weighted by atomic mass is 10.1. The van der Waals surface area contributed by atoms with E-state index in [1.54, 1.807) is 0 Å². The van der Waals surface area contributed by atoms with Crippen molar-refractivity contribution >= 4 is 29.4 Å². The molecule has 2 atom stereocenters. The normalized spacial score (nSPS) is 14.0. The van der Waals surface area contributed by atoms with Gasteiger partial charge in [-0.25, -0.2) is 4.79 Å². The maximum atomic E-state index is 11.1. The van der Waals surface area contributed by atoms with Crippen LogP contribution in [0.2, 0.25) is 0 Å². The molecule has 7 heteroatoms. The molecular weight excluding hydrogens is 224 g/mol. The van der Waals surface area contributed by atoms with E-state index in [2.05, 4.69) is 5.32 Å². The number of carboxylic acids is 1. The van der Waals surface area contributed by atoms with Crippen molar-refractivity contribution in [1.29, 1.82) is 0 Å². The first-order chi connectivity index (χ1) is 6.84. The SMILES string of the molecule is C[C@H](Cl)C(=O)N[C@@H](CCC(N)=O)C(=O)O. The maximum Gasteiger partial charge on any atom is 0.326 e. The molecule has 0 aromatic heterocycles. The fourth-order valence-electron chi connectivity index (χ4n) is 0.831. The Morgan fingerprint density at radius 2 is 2.00 bits per heavy atom. The van der Waals surface area contributed by atoms with E-state index in [9.17, 15) is 14.4 Å². The van der Waals surface area contributed by atoms with Crippen LogP contribution in [0.5, 0.6) is 0 Å². The maximum absolute atomic E-state index is 11.1. The standard InChI is InChI=1S/C8H13ClN2O4/c1-4(9)7(13)11-5(8(14)15)2-3-6(10)12/h4-5H,2-3H2,1H3,(H2,10,12)(H,11,13)(H,14,15)/t4-,5-/m0/s1. The van der Waals surface area contributed by atoms with Crippen LogP contribution < -0.4 is 11.1 Å². The molecule has 0 unspecified atom stereocenters. The summed E-state index contributed by atoms with van der Waals surface area (Å²) in [7, 11) is 0. The molecule has 86 valence electrons. The van der Waals surface area contributed by atoms with Crippen LogP contribution in [0.25, 0.3) is 0 Å². The van der Waals surface area contributed by atoms with Crippen LogP contribution in [0.4, 0.5) is 0 Å². The van der Waals surface area contributed by atoms with Gasteiger partial charge in [0.2, 0.25) is 11.8 Å². The van der Waals surface area contributed by atoms with Crippen molar-refractivity contribution < 1.29 is 19.5 Å². The molecule has 0 radical (unpaired) electrons. The number of carboxylic acid groups (broad SMARTS) is 1. The first kappa shape index (κ1) is 13.7. The third-order valence-corrected chi connectivity index (χ3v) is 1.85. The zero-order valence-corrected chi connectivity index (χ0v) is 8.95. The summed E-state index contributed by atoms with van der Waals surface area (Å²) in [6, 6.07) is -1.13. The van der Waals surface area contributed by atoms with Gasteiger partial charge in [0.1, 0.15) is 11.4 Å². The van der Waals surface area contributed by atoms with Crippen molar-refractivity contribution in [2.45, 2.75) is 31.2 Å². The highest BCUT2D eigenvalue weighted by Crippen LogP contribution is 2.00. The molecule has 0 rings (SSSR count). The summed E-state index contributed by atoms with van der Waals surface area (Å²) in [5, 5.41) is 10.1. The van der Waals surface area contributed by atoms with Crippen molar-refractivity contribution in [1.82, 2.24) is 5.32 Å². The monoisotopic (exact) mass is 236 g/mol. The number of hydrogen-bond acceptors (Lipinski definition) is 3. The second kappa shape index (κ2) is 6.23. The molecule has 4 N–H and O–H groups in total. The minimum absolute atomic E-state index is 0.0417. The van der Waals surface area contributed by atoms with Gasteiger partial charge in [-0.2, -0.15) is 0 Å². The molecule has 2 amide bonds. The molecule has 15 heavy (non-hydrogen) atoms. The molecular formula is C8H13ClN2O4. The van der Waals surface area contributed by atoms with Crippen LogP contribution in [-0.2, 0) is 14.4 Å². The molecule has 0 fully saturated rings. The number of halogens is 1. The van der Waals surface area contributed by atoms with Gasteiger partial charge in [0.15, 0.2) is 0 Å². The third-order valence-electron chi connectivity index (χ3n) is 1.66. The molecule has 0 aliphatic rings. The molecule has 0 heterocycles. The largest absolute Gasteiger partial charge is 0.480 e. The van der Waals surface area contributed by atoms with Crippen molar-refractivity contribution in [2.75, 3.05) is 0 Å². The molecule has 0 bridgehead atoms. The van der Waals surface area contributed by atoms with Crippen LogP contribution in [0, 0.1) is 0 Å². The summed E-state index contributed by atoms with van der Waals surface area (Å²) < 4.78 is 0. The summed E-state index contributed by atoms with van der Waals surface area (Å²) in [4.78, 5) is 32.2. The number of hydrogen-bond donors (Lipinski definition) is 3. The van der Waals surface area contributed by atoms with Gasteiger partial charge in [-0.3, -0.25) is 9.59 Å². The average Bonchev–Trinajstić information content (AvgIpc) is 2.10. The van der Waals surface area contributed by atoms with E-state index in [1.807, 2.05) is 0 Å². The van der Waals surface area contributed by atoms with Crippen molar-refractivity contribution in [3.63, 3.8) is 0 Å². The number of primary amides is 1. The molecule has 0 saturated carbocycles. The molecule has 0 saturated heterocycles. The number of amides is 2. The lowest BCUT2D eigenvalue weighted by Crippen LogP contribution is -2.44. The van der Waals surface area contributed by atoms with E-state index >= 15 is 0 Å². The van der Waals surface area contributed by atoms with Crippen LogP contribution in [0.3, 0.4) is 0 Å². The fourth-order valence-corrected chi connectivity index (χ4v) is 0.894. The second-order valence-electron chi connectivity index (χ2n) is 3.02. The van der Waals surface area contributed by atoms with Crippen molar-refractivity contribution in [3.05, 3.63) is 0 Å². The fraction of sp³-hybridized carbons (Fsp3) is 0.625. The minimum atomic E-state index is -1.22. The number of nitrogens with one attached hydrogen (secondary N) is 1. The zero-order valence-electron chi connectivity index (χ0n) is 8.20. The lowest BCUT2D eigenvalue weighted by molar-refractivity contribution is -0.142. The lowest BCUT2D eigenvalue weighted by Gasteiger charge is -2.14. The molecule has 6 nitrogen and oxygen atoms in total. The van der Waals surface area contributed by atoms with Gasteiger partial charge in [0, 0.05) is 6.42 Å². The summed E-state index contributed by atoms with van der Waals surface area (Å²) in [6.07, 6.45) is -0.145. The number of rotatable bonds is 6. The van der Waals surface area contributed by atoms with Gasteiger partial charge in [-0.1, -0.05) is 0 Å². The summed E-state index contributed by atoms with van der Waals surface area (Å²) in [5.41, 5.74) is 4.86. The van der Waals surface area contributed by atoms with Gasteiger partial charge >= 0.3 is 5.97 Å². The number of alkyl halides is 1. The van der Waals surface area contributed by atoms with Crippen molar-refractivity contribution in [2.24, 2.45) is 5.73 Å². The summed E-state index contributed by atoms with van der Waals surface area (Å²) in [6.45, 7) is 1.42. The van der Waals surface area contributed by atoms with E-state index in [0.717, 1.165) is 0 Å². The Hall–Kier alpha value is -1.30. The highest BCUT2D eigenvalue weighted by atomic mass is 35.5. The highest BCUT2D eigenvalue weighted by molar-refractivity contribution is 6.30. The number of carbonyl (C=O) groups is 3. The minimum Gasteiger partial charge on any atom is -0.480 e.